The zero-order chi connectivity index (χ0) is 17.9. The van der Waals surface area contributed by atoms with E-state index in [-0.39, 0.29) is 0 Å². The number of aromatic amines is 1. The number of aromatic nitrogens is 4. The van der Waals surface area contributed by atoms with Crippen molar-refractivity contribution in [3.63, 3.8) is 0 Å². The molecule has 24 heavy (non-hydrogen) atoms. The second-order valence-corrected chi connectivity index (χ2v) is 6.34. The molecule has 9 nitrogen and oxygen atoms in total. The number of nitrogens with zero attached hydrogens (tertiary/aromatic N) is 3. The molecule has 0 aromatic carbocycles. The van der Waals surface area contributed by atoms with Crippen LogP contribution >= 0.6 is 0 Å². The number of ether oxygens (including phenoxy) is 1. The number of nitrogens with two attached hydrogens (primary N) is 1. The van der Waals surface area contributed by atoms with Crippen molar-refractivity contribution in [3.8, 4) is 0 Å². The van der Waals surface area contributed by atoms with E-state index in [0.717, 1.165) is 0 Å². The molecule has 6 N–H and O–H groups in total. The molecule has 1 saturated heterocycles. The summed E-state index contributed by atoms with van der Waals surface area (Å²) in [6, 6.07) is 0. The molecule has 2 aromatic heterocycles. The predicted octanol–water partition coefficient (Wildman–Crippen LogP) is -0.162. The maximum atomic E-state index is 9.73. The number of hydrogen-bond donors (Lipinski definition) is 5. The first kappa shape index (κ1) is 18.5. The van der Waals surface area contributed by atoms with Gasteiger partial charge in [0.2, 0.25) is 0 Å². The number of fused-ring (bicyclic) bond motifs is 1. The van der Waals surface area contributed by atoms with Crippen LogP contribution in [-0.2, 0) is 4.74 Å². The molecule has 0 bridgehead atoms. The average Bonchev–Trinajstić information content (AvgIpc) is 3.09. The van der Waals surface area contributed by atoms with E-state index in [9.17, 15) is 15.3 Å². The van der Waals surface area contributed by atoms with Crippen LogP contribution < -0.4 is 5.73 Å². The van der Waals surface area contributed by atoms with Gasteiger partial charge in [0.1, 0.15) is 30.2 Å². The minimum atomic E-state index is -0.973. The molecule has 0 unspecified atom stereocenters. The number of rotatable bonds is 3. The lowest BCUT2D eigenvalue weighted by molar-refractivity contribution is -0.0680. The van der Waals surface area contributed by atoms with Crippen LogP contribution in [0.15, 0.2) is 12.7 Å². The number of nitrogen functional groups attached to an aromatic ring is 1. The quantitative estimate of drug-likeness (QED) is 0.517. The van der Waals surface area contributed by atoms with Gasteiger partial charge in [0.15, 0.2) is 11.5 Å². The number of nitrogens with one attached hydrogen (secondary N) is 1. The highest BCUT2D eigenvalue weighted by molar-refractivity contribution is 5.80. The Morgan fingerprint density at radius 1 is 1.25 bits per heavy atom. The van der Waals surface area contributed by atoms with Gasteiger partial charge in [-0.15, -0.1) is 0 Å². The first-order valence-corrected chi connectivity index (χ1v) is 7.90. The van der Waals surface area contributed by atoms with E-state index in [1.54, 1.807) is 6.92 Å². The Bertz CT molecular complexity index is 650. The first-order valence-electron chi connectivity index (χ1n) is 7.90. The second kappa shape index (κ2) is 7.84. The monoisotopic (exact) mass is 339 g/mol. The summed E-state index contributed by atoms with van der Waals surface area (Å²) in [5, 5.41) is 28.7. The SMILES string of the molecule is CC(C)C[C@H](O)[C@H]1O[C@@H](C)[C@H](O)[C@@H]1O.Nc1ncnc2nc[nH]c12. The number of anilines is 1. The number of hydrogen-bond acceptors (Lipinski definition) is 8. The topological polar surface area (TPSA) is 150 Å². The standard InChI is InChI=1S/C10H20O4.C5H5N5/c1-5(2)4-7(11)10-9(13)8(12)6(3)14-10;6-4-3-5(9-1-7-3)10-2-8-4/h5-13H,4H2,1-3H3;1-2H,(H3,6,7,8,9,10)/t6-,7-,8-,9-,10+;/m0./s1. The number of imidazole rings is 1. The van der Waals surface area contributed by atoms with Crippen molar-refractivity contribution in [1.29, 1.82) is 0 Å². The van der Waals surface area contributed by atoms with Gasteiger partial charge in [-0.2, -0.15) is 0 Å². The van der Waals surface area contributed by atoms with E-state index in [4.69, 9.17) is 10.5 Å². The Kier molecular flexibility index (Phi) is 6.05. The van der Waals surface area contributed by atoms with E-state index in [0.29, 0.717) is 29.3 Å². The third kappa shape index (κ3) is 4.18. The molecule has 2 aromatic rings. The Morgan fingerprint density at radius 3 is 2.50 bits per heavy atom. The molecular weight excluding hydrogens is 314 g/mol. The molecule has 0 saturated carbocycles. The maximum absolute atomic E-state index is 9.73. The van der Waals surface area contributed by atoms with Crippen LogP contribution in [0.1, 0.15) is 27.2 Å². The fourth-order valence-corrected chi connectivity index (χ4v) is 2.60. The summed E-state index contributed by atoms with van der Waals surface area (Å²) in [6.45, 7) is 5.67. The number of aliphatic hydroxyl groups excluding tert-OH is 3. The molecule has 134 valence electrons. The van der Waals surface area contributed by atoms with Gasteiger partial charge < -0.3 is 30.8 Å². The largest absolute Gasteiger partial charge is 0.390 e. The van der Waals surface area contributed by atoms with Crippen molar-refractivity contribution in [2.75, 3.05) is 5.73 Å². The minimum absolute atomic E-state index is 0.342. The van der Waals surface area contributed by atoms with Gasteiger partial charge in [-0.3, -0.25) is 0 Å². The summed E-state index contributed by atoms with van der Waals surface area (Å²) in [5.74, 6) is 0.774. The molecule has 9 heteroatoms. The molecule has 1 aliphatic heterocycles. The first-order chi connectivity index (χ1) is 11.3. The molecule has 0 radical (unpaired) electrons. The summed E-state index contributed by atoms with van der Waals surface area (Å²) in [5.41, 5.74) is 6.78. The zero-order valence-electron chi connectivity index (χ0n) is 14.0. The van der Waals surface area contributed by atoms with Crippen LogP contribution in [0.25, 0.3) is 11.2 Å². The fraction of sp³-hybridized carbons (Fsp3) is 0.667. The summed E-state index contributed by atoms with van der Waals surface area (Å²) in [7, 11) is 0. The van der Waals surface area contributed by atoms with Crippen molar-refractivity contribution in [3.05, 3.63) is 12.7 Å². The molecule has 5 atom stereocenters. The van der Waals surface area contributed by atoms with Crippen LogP contribution in [0.3, 0.4) is 0 Å². The Hall–Kier alpha value is -1.81. The van der Waals surface area contributed by atoms with Crippen molar-refractivity contribution in [1.82, 2.24) is 19.9 Å². The van der Waals surface area contributed by atoms with Gasteiger partial charge in [-0.1, -0.05) is 13.8 Å². The molecule has 3 heterocycles. The van der Waals surface area contributed by atoms with Crippen LogP contribution in [-0.4, -0.2) is 65.8 Å². The van der Waals surface area contributed by atoms with Gasteiger partial charge in [-0.05, 0) is 19.3 Å². The molecule has 1 fully saturated rings. The molecule has 3 rings (SSSR count). The van der Waals surface area contributed by atoms with E-state index in [1.165, 1.54) is 12.7 Å². The van der Waals surface area contributed by atoms with Crippen LogP contribution in [0.4, 0.5) is 5.82 Å². The fourth-order valence-electron chi connectivity index (χ4n) is 2.60. The van der Waals surface area contributed by atoms with Crippen molar-refractivity contribution >= 4 is 17.0 Å². The van der Waals surface area contributed by atoms with E-state index >= 15 is 0 Å². The third-order valence-electron chi connectivity index (χ3n) is 3.88. The minimum Gasteiger partial charge on any atom is -0.390 e. The zero-order valence-corrected chi connectivity index (χ0v) is 14.0. The molecule has 1 aliphatic rings. The molecular formula is C15H25N5O4. The van der Waals surface area contributed by atoms with Crippen molar-refractivity contribution in [2.24, 2.45) is 5.92 Å². The molecule has 0 spiro atoms. The van der Waals surface area contributed by atoms with Crippen molar-refractivity contribution in [2.45, 2.75) is 57.7 Å². The number of aliphatic hydroxyl groups is 3. The van der Waals surface area contributed by atoms with Crippen LogP contribution in [0, 0.1) is 5.92 Å². The molecule has 0 amide bonds. The van der Waals surface area contributed by atoms with Crippen molar-refractivity contribution < 1.29 is 20.1 Å². The van der Waals surface area contributed by atoms with Gasteiger partial charge >= 0.3 is 0 Å². The average molecular weight is 339 g/mol. The van der Waals surface area contributed by atoms with Gasteiger partial charge in [0.25, 0.3) is 0 Å². The Balaban J connectivity index is 0.000000182. The highest BCUT2D eigenvalue weighted by atomic mass is 16.6. The van der Waals surface area contributed by atoms with E-state index < -0.39 is 30.5 Å². The lowest BCUT2D eigenvalue weighted by Gasteiger charge is -2.22. The van der Waals surface area contributed by atoms with Gasteiger partial charge in [0, 0.05) is 0 Å². The second-order valence-electron chi connectivity index (χ2n) is 6.34. The predicted molar refractivity (Wildman–Crippen MR) is 87.9 cm³/mol. The van der Waals surface area contributed by atoms with E-state index in [2.05, 4.69) is 19.9 Å². The Morgan fingerprint density at radius 2 is 1.96 bits per heavy atom. The summed E-state index contributed by atoms with van der Waals surface area (Å²) < 4.78 is 5.30. The summed E-state index contributed by atoms with van der Waals surface area (Å²) in [4.78, 5) is 14.4. The smallest absolute Gasteiger partial charge is 0.182 e. The van der Waals surface area contributed by atoms with Gasteiger partial charge in [0.05, 0.1) is 18.5 Å². The van der Waals surface area contributed by atoms with Gasteiger partial charge in [-0.25, -0.2) is 15.0 Å². The number of H-pyrrole nitrogens is 1. The summed E-state index contributed by atoms with van der Waals surface area (Å²) >= 11 is 0. The highest BCUT2D eigenvalue weighted by Crippen LogP contribution is 2.25. The Labute approximate surface area is 139 Å². The normalized spacial score (nSPS) is 28.0. The maximum Gasteiger partial charge on any atom is 0.182 e. The molecule has 0 aliphatic carbocycles. The van der Waals surface area contributed by atoms with Crippen LogP contribution in [0.2, 0.25) is 0 Å². The highest BCUT2D eigenvalue weighted by Gasteiger charge is 2.43. The van der Waals surface area contributed by atoms with Crippen LogP contribution in [0.5, 0.6) is 0 Å². The lowest BCUT2D eigenvalue weighted by Crippen LogP contribution is -2.39. The summed E-state index contributed by atoms with van der Waals surface area (Å²) in [6.07, 6.45) is -0.126. The van der Waals surface area contributed by atoms with E-state index in [1.807, 2.05) is 13.8 Å². The lowest BCUT2D eigenvalue weighted by atomic mass is 9.97. The third-order valence-corrected chi connectivity index (χ3v) is 3.88.